The first kappa shape index (κ1) is 13.1. The molecule has 0 aliphatic heterocycles. The molecule has 0 spiro atoms. The molecule has 1 fully saturated rings. The van der Waals surface area contributed by atoms with Crippen molar-refractivity contribution in [3.8, 4) is 0 Å². The largest absolute Gasteiger partial charge is 0.394 e. The molecule has 104 valence electrons. The lowest BCUT2D eigenvalue weighted by atomic mass is 9.72. The maximum absolute atomic E-state index is 10.1. The van der Waals surface area contributed by atoms with Gasteiger partial charge in [0.05, 0.1) is 12.1 Å². The van der Waals surface area contributed by atoms with Crippen LogP contribution in [0, 0.1) is 0 Å². The average molecular weight is 259 g/mol. The first-order chi connectivity index (χ1) is 9.25. The summed E-state index contributed by atoms with van der Waals surface area (Å²) in [6, 6.07) is 9.27. The summed E-state index contributed by atoms with van der Waals surface area (Å²) < 4.78 is 0. The summed E-state index contributed by atoms with van der Waals surface area (Å²) in [6.45, 7) is 2.52. The summed E-state index contributed by atoms with van der Waals surface area (Å²) in [6.07, 6.45) is 7.41. The number of aliphatic hydroxyl groups excluding tert-OH is 1. The number of nitrogens with one attached hydrogen (secondary N) is 1. The second-order valence-electron chi connectivity index (χ2n) is 6.39. The van der Waals surface area contributed by atoms with E-state index in [9.17, 15) is 5.11 Å². The minimum Gasteiger partial charge on any atom is -0.394 e. The van der Waals surface area contributed by atoms with Gasteiger partial charge in [0.1, 0.15) is 0 Å². The van der Waals surface area contributed by atoms with Crippen molar-refractivity contribution in [3.63, 3.8) is 0 Å². The fraction of sp³-hybridized carbons (Fsp3) is 0.647. The molecule has 0 aromatic heterocycles. The quantitative estimate of drug-likeness (QED) is 0.873. The second-order valence-corrected chi connectivity index (χ2v) is 6.39. The highest BCUT2D eigenvalue weighted by molar-refractivity contribution is 5.39. The third kappa shape index (κ3) is 2.32. The standard InChI is InChI=1S/C17H25NO/c1-13-10-11-17(12-19,18-14-6-2-3-7-14)16-9-5-4-8-15(13)16/h4-5,8-9,13-14,18-19H,2-3,6-7,10-12H2,1H3. The number of hydrogen-bond donors (Lipinski definition) is 2. The number of aliphatic hydroxyl groups is 1. The molecule has 2 aliphatic rings. The highest BCUT2D eigenvalue weighted by atomic mass is 16.3. The van der Waals surface area contributed by atoms with Gasteiger partial charge in [0.2, 0.25) is 0 Å². The van der Waals surface area contributed by atoms with Crippen molar-refractivity contribution in [2.75, 3.05) is 6.61 Å². The predicted molar refractivity (Wildman–Crippen MR) is 78.2 cm³/mol. The van der Waals surface area contributed by atoms with Gasteiger partial charge in [-0.1, -0.05) is 44.0 Å². The first-order valence-electron chi connectivity index (χ1n) is 7.73. The Bertz CT molecular complexity index is 439. The zero-order valence-electron chi connectivity index (χ0n) is 11.9. The normalized spacial score (nSPS) is 31.4. The molecule has 0 heterocycles. The van der Waals surface area contributed by atoms with E-state index < -0.39 is 0 Å². The molecule has 3 rings (SSSR count). The van der Waals surface area contributed by atoms with Crippen LogP contribution >= 0.6 is 0 Å². The van der Waals surface area contributed by atoms with Crippen LogP contribution in [0.25, 0.3) is 0 Å². The van der Waals surface area contributed by atoms with Gasteiger partial charge in [0.25, 0.3) is 0 Å². The van der Waals surface area contributed by atoms with E-state index >= 15 is 0 Å². The highest BCUT2D eigenvalue weighted by Gasteiger charge is 2.39. The molecular formula is C17H25NO. The molecule has 1 saturated carbocycles. The molecule has 2 nitrogen and oxygen atoms in total. The second kappa shape index (κ2) is 5.26. The van der Waals surface area contributed by atoms with E-state index in [4.69, 9.17) is 0 Å². The van der Waals surface area contributed by atoms with E-state index in [0.717, 1.165) is 12.8 Å². The van der Waals surface area contributed by atoms with Crippen LogP contribution in [-0.4, -0.2) is 17.8 Å². The Morgan fingerprint density at radius 1 is 1.21 bits per heavy atom. The summed E-state index contributed by atoms with van der Waals surface area (Å²) in [5.41, 5.74) is 2.56. The zero-order valence-corrected chi connectivity index (χ0v) is 11.9. The van der Waals surface area contributed by atoms with Crippen molar-refractivity contribution in [1.82, 2.24) is 5.32 Å². The van der Waals surface area contributed by atoms with E-state index in [1.807, 2.05) is 0 Å². The summed E-state index contributed by atoms with van der Waals surface area (Å²) >= 11 is 0. The molecule has 0 radical (unpaired) electrons. The van der Waals surface area contributed by atoms with E-state index in [1.54, 1.807) is 0 Å². The lowest BCUT2D eigenvalue weighted by Gasteiger charge is -2.42. The Morgan fingerprint density at radius 3 is 2.68 bits per heavy atom. The van der Waals surface area contributed by atoms with Crippen molar-refractivity contribution >= 4 is 0 Å². The highest BCUT2D eigenvalue weighted by Crippen LogP contribution is 2.42. The van der Waals surface area contributed by atoms with Gasteiger partial charge in [-0.05, 0) is 42.7 Å². The van der Waals surface area contributed by atoms with Crippen LogP contribution in [0.15, 0.2) is 24.3 Å². The minimum absolute atomic E-state index is 0.196. The molecule has 1 aromatic rings. The van der Waals surface area contributed by atoms with Crippen LogP contribution in [0.3, 0.4) is 0 Å². The molecule has 2 aliphatic carbocycles. The molecule has 0 amide bonds. The van der Waals surface area contributed by atoms with Gasteiger partial charge in [-0.15, -0.1) is 0 Å². The van der Waals surface area contributed by atoms with Crippen LogP contribution in [0.4, 0.5) is 0 Å². The van der Waals surface area contributed by atoms with Crippen LogP contribution in [0.1, 0.15) is 62.5 Å². The smallest absolute Gasteiger partial charge is 0.0674 e. The average Bonchev–Trinajstić information content (AvgIpc) is 2.95. The van der Waals surface area contributed by atoms with Gasteiger partial charge in [-0.3, -0.25) is 0 Å². The zero-order chi connectivity index (χ0) is 13.3. The van der Waals surface area contributed by atoms with E-state index in [1.165, 1.54) is 36.8 Å². The fourth-order valence-electron chi connectivity index (χ4n) is 3.94. The number of benzene rings is 1. The molecule has 2 N–H and O–H groups in total. The SMILES string of the molecule is CC1CCC(CO)(NC2CCCC2)c2ccccc21. The Kier molecular flexibility index (Phi) is 3.64. The van der Waals surface area contributed by atoms with Gasteiger partial charge in [-0.25, -0.2) is 0 Å². The summed E-state index contributed by atoms with van der Waals surface area (Å²) in [5.74, 6) is 0.612. The van der Waals surface area contributed by atoms with Crippen molar-refractivity contribution in [1.29, 1.82) is 0 Å². The lowest BCUT2D eigenvalue weighted by Crippen LogP contribution is -2.52. The monoisotopic (exact) mass is 259 g/mol. The lowest BCUT2D eigenvalue weighted by molar-refractivity contribution is 0.125. The van der Waals surface area contributed by atoms with Gasteiger partial charge >= 0.3 is 0 Å². The van der Waals surface area contributed by atoms with Gasteiger partial charge in [0, 0.05) is 6.04 Å². The van der Waals surface area contributed by atoms with E-state index in [0.29, 0.717) is 12.0 Å². The Hall–Kier alpha value is -0.860. The molecule has 2 heteroatoms. The maximum atomic E-state index is 10.1. The summed E-state index contributed by atoms with van der Waals surface area (Å²) in [5, 5.41) is 13.9. The Morgan fingerprint density at radius 2 is 1.95 bits per heavy atom. The fourth-order valence-corrected chi connectivity index (χ4v) is 3.94. The molecular weight excluding hydrogens is 234 g/mol. The van der Waals surface area contributed by atoms with Crippen molar-refractivity contribution in [2.24, 2.45) is 0 Å². The molecule has 0 saturated heterocycles. The molecule has 19 heavy (non-hydrogen) atoms. The number of hydrogen-bond acceptors (Lipinski definition) is 2. The van der Waals surface area contributed by atoms with Crippen molar-refractivity contribution in [3.05, 3.63) is 35.4 Å². The number of rotatable bonds is 3. The molecule has 0 bridgehead atoms. The van der Waals surface area contributed by atoms with E-state index in [2.05, 4.69) is 36.5 Å². The summed E-state index contributed by atoms with van der Waals surface area (Å²) in [4.78, 5) is 0. The van der Waals surface area contributed by atoms with Crippen LogP contribution < -0.4 is 5.32 Å². The van der Waals surface area contributed by atoms with Gasteiger partial charge < -0.3 is 10.4 Å². The topological polar surface area (TPSA) is 32.3 Å². The van der Waals surface area contributed by atoms with Crippen molar-refractivity contribution < 1.29 is 5.11 Å². The van der Waals surface area contributed by atoms with Crippen LogP contribution in [0.2, 0.25) is 0 Å². The van der Waals surface area contributed by atoms with Crippen molar-refractivity contribution in [2.45, 2.75) is 62.9 Å². The predicted octanol–water partition coefficient (Wildman–Crippen LogP) is 3.30. The summed E-state index contributed by atoms with van der Waals surface area (Å²) in [7, 11) is 0. The van der Waals surface area contributed by atoms with E-state index in [-0.39, 0.29) is 12.1 Å². The van der Waals surface area contributed by atoms with Gasteiger partial charge in [0.15, 0.2) is 0 Å². The molecule has 2 unspecified atom stereocenters. The Labute approximate surface area is 116 Å². The maximum Gasteiger partial charge on any atom is 0.0674 e. The van der Waals surface area contributed by atoms with Gasteiger partial charge in [-0.2, -0.15) is 0 Å². The molecule has 2 atom stereocenters. The third-order valence-electron chi connectivity index (χ3n) is 5.12. The molecule has 1 aromatic carbocycles. The minimum atomic E-state index is -0.196. The first-order valence-corrected chi connectivity index (χ1v) is 7.73. The van der Waals surface area contributed by atoms with Crippen LogP contribution in [-0.2, 0) is 5.54 Å². The Balaban J connectivity index is 1.94. The van der Waals surface area contributed by atoms with Crippen LogP contribution in [0.5, 0.6) is 0 Å². The third-order valence-corrected chi connectivity index (χ3v) is 5.12. The number of fused-ring (bicyclic) bond motifs is 1.